The molecule has 1 aromatic rings. The highest BCUT2D eigenvalue weighted by molar-refractivity contribution is 6.31. The number of nitrogens with zero attached hydrogens (tertiary/aromatic N) is 2. The molecule has 1 saturated heterocycles. The largest absolute Gasteiger partial charge is 0.474 e. The van der Waals surface area contributed by atoms with Crippen LogP contribution in [0.5, 0.6) is 0 Å². The van der Waals surface area contributed by atoms with Crippen LogP contribution in [0.25, 0.3) is 0 Å². The molecule has 0 radical (unpaired) electrons. The van der Waals surface area contributed by atoms with Gasteiger partial charge < -0.3 is 14.4 Å². The van der Waals surface area contributed by atoms with Crippen molar-refractivity contribution < 1.29 is 19.1 Å². The van der Waals surface area contributed by atoms with Crippen molar-refractivity contribution in [1.82, 2.24) is 9.80 Å². The second kappa shape index (κ2) is 5.01. The van der Waals surface area contributed by atoms with Crippen molar-refractivity contribution in [3.63, 3.8) is 0 Å². The quantitative estimate of drug-likeness (QED) is 0.734. The molecule has 0 bridgehead atoms. The number of hydrogen-bond donors (Lipinski definition) is 1. The molecule has 0 spiro atoms. The Balaban J connectivity index is 1.82. The van der Waals surface area contributed by atoms with Crippen LogP contribution in [0.4, 0.5) is 0 Å². The summed E-state index contributed by atoms with van der Waals surface area (Å²) in [5, 5.41) is 8.59. The van der Waals surface area contributed by atoms with Gasteiger partial charge in [-0.05, 0) is 12.1 Å². The highest BCUT2D eigenvalue weighted by Crippen LogP contribution is 2.09. The van der Waals surface area contributed by atoms with Gasteiger partial charge in [0.05, 0.1) is 12.8 Å². The molecule has 1 aliphatic heterocycles. The smallest absolute Gasteiger partial charge is 0.394 e. The summed E-state index contributed by atoms with van der Waals surface area (Å²) in [6, 6.07) is 3.73. The number of aliphatic carboxylic acids is 1. The van der Waals surface area contributed by atoms with E-state index in [2.05, 4.69) is 4.90 Å². The zero-order valence-corrected chi connectivity index (χ0v) is 9.33. The first-order valence-electron chi connectivity index (χ1n) is 5.44. The van der Waals surface area contributed by atoms with Crippen LogP contribution in [-0.4, -0.2) is 53.0 Å². The highest BCUT2D eigenvalue weighted by Gasteiger charge is 2.25. The molecule has 0 aliphatic carbocycles. The summed E-state index contributed by atoms with van der Waals surface area (Å²) in [7, 11) is 0. The van der Waals surface area contributed by atoms with Crippen LogP contribution in [0.3, 0.4) is 0 Å². The van der Waals surface area contributed by atoms with E-state index in [4.69, 9.17) is 9.52 Å². The minimum absolute atomic E-state index is 0.450. The third-order valence-corrected chi connectivity index (χ3v) is 2.80. The molecule has 92 valence electrons. The second-order valence-electron chi connectivity index (χ2n) is 3.95. The van der Waals surface area contributed by atoms with Crippen LogP contribution >= 0.6 is 0 Å². The maximum Gasteiger partial charge on any atom is 0.394 e. The Hall–Kier alpha value is -1.82. The molecule has 1 aliphatic rings. The molecular weight excluding hydrogens is 224 g/mol. The van der Waals surface area contributed by atoms with Crippen molar-refractivity contribution >= 4 is 11.9 Å². The van der Waals surface area contributed by atoms with Crippen molar-refractivity contribution in [2.75, 3.05) is 26.2 Å². The summed E-state index contributed by atoms with van der Waals surface area (Å²) in [5.74, 6) is -1.32. The Morgan fingerprint density at radius 3 is 2.53 bits per heavy atom. The zero-order chi connectivity index (χ0) is 12.3. The third kappa shape index (κ3) is 2.85. The van der Waals surface area contributed by atoms with Crippen molar-refractivity contribution in [3.8, 4) is 0 Å². The normalized spacial score (nSPS) is 17.1. The molecular formula is C11H14N2O4. The van der Waals surface area contributed by atoms with E-state index in [1.54, 1.807) is 6.26 Å². The first-order chi connectivity index (χ1) is 8.16. The summed E-state index contributed by atoms with van der Waals surface area (Å²) < 4.78 is 5.23. The lowest BCUT2D eigenvalue weighted by Crippen LogP contribution is -2.50. The molecule has 1 N–H and O–H groups in total. The Morgan fingerprint density at radius 2 is 2.00 bits per heavy atom. The third-order valence-electron chi connectivity index (χ3n) is 2.80. The van der Waals surface area contributed by atoms with Gasteiger partial charge in [0.25, 0.3) is 0 Å². The molecule has 0 atom stereocenters. The highest BCUT2D eigenvalue weighted by atomic mass is 16.4. The number of carbonyl (C=O) groups is 2. The lowest BCUT2D eigenvalue weighted by Gasteiger charge is -2.33. The summed E-state index contributed by atoms with van der Waals surface area (Å²) >= 11 is 0. The van der Waals surface area contributed by atoms with E-state index in [1.807, 2.05) is 12.1 Å². The van der Waals surface area contributed by atoms with Gasteiger partial charge in [0.15, 0.2) is 0 Å². The Bertz CT molecular complexity index is 394. The average molecular weight is 238 g/mol. The first-order valence-corrected chi connectivity index (χ1v) is 5.44. The lowest BCUT2D eigenvalue weighted by atomic mass is 10.3. The maximum absolute atomic E-state index is 11.2. The zero-order valence-electron chi connectivity index (χ0n) is 9.33. The molecule has 2 heterocycles. The lowest BCUT2D eigenvalue weighted by molar-refractivity contribution is -0.156. The second-order valence-corrected chi connectivity index (χ2v) is 3.95. The van der Waals surface area contributed by atoms with E-state index >= 15 is 0 Å². The minimum atomic E-state index is -1.38. The van der Waals surface area contributed by atoms with Gasteiger partial charge >= 0.3 is 11.9 Å². The van der Waals surface area contributed by atoms with E-state index < -0.39 is 11.9 Å². The van der Waals surface area contributed by atoms with Crippen molar-refractivity contribution in [3.05, 3.63) is 24.2 Å². The van der Waals surface area contributed by atoms with Crippen LogP contribution < -0.4 is 0 Å². The topological polar surface area (TPSA) is 74.0 Å². The van der Waals surface area contributed by atoms with E-state index in [1.165, 1.54) is 4.90 Å². The van der Waals surface area contributed by atoms with Crippen LogP contribution in [0.1, 0.15) is 5.76 Å². The summed E-state index contributed by atoms with van der Waals surface area (Å²) in [6.45, 7) is 2.93. The Kier molecular flexibility index (Phi) is 3.43. The summed E-state index contributed by atoms with van der Waals surface area (Å²) in [4.78, 5) is 25.2. The fourth-order valence-electron chi connectivity index (χ4n) is 1.87. The standard InChI is InChI=1S/C11H14N2O4/c14-10(11(15)16)13-5-3-12(4-6-13)8-9-2-1-7-17-9/h1-2,7H,3-6,8H2,(H,15,16). The van der Waals surface area contributed by atoms with Crippen molar-refractivity contribution in [2.24, 2.45) is 0 Å². The molecule has 2 rings (SSSR count). The summed E-state index contributed by atoms with van der Waals surface area (Å²) in [6.07, 6.45) is 1.62. The first kappa shape index (κ1) is 11.7. The molecule has 17 heavy (non-hydrogen) atoms. The van der Waals surface area contributed by atoms with E-state index in [9.17, 15) is 9.59 Å². The number of amides is 1. The fraction of sp³-hybridized carbons (Fsp3) is 0.455. The Morgan fingerprint density at radius 1 is 1.29 bits per heavy atom. The van der Waals surface area contributed by atoms with Gasteiger partial charge in [-0.3, -0.25) is 9.69 Å². The molecule has 6 nitrogen and oxygen atoms in total. The van der Waals surface area contributed by atoms with Gasteiger partial charge in [0.1, 0.15) is 5.76 Å². The molecule has 6 heteroatoms. The van der Waals surface area contributed by atoms with Crippen LogP contribution in [0.2, 0.25) is 0 Å². The number of carboxylic acids is 1. The fourth-order valence-corrected chi connectivity index (χ4v) is 1.87. The molecule has 0 aromatic carbocycles. The van der Waals surface area contributed by atoms with Crippen LogP contribution in [0.15, 0.2) is 22.8 Å². The SMILES string of the molecule is O=C(O)C(=O)N1CCN(Cc2ccco2)CC1. The number of carboxylic acid groups (broad SMARTS) is 1. The monoisotopic (exact) mass is 238 g/mol. The van der Waals surface area contributed by atoms with Gasteiger partial charge in [-0.25, -0.2) is 4.79 Å². The minimum Gasteiger partial charge on any atom is -0.474 e. The molecule has 0 saturated carbocycles. The van der Waals surface area contributed by atoms with Crippen LogP contribution in [-0.2, 0) is 16.1 Å². The van der Waals surface area contributed by atoms with Gasteiger partial charge in [0.2, 0.25) is 0 Å². The van der Waals surface area contributed by atoms with Crippen LogP contribution in [0, 0.1) is 0 Å². The molecule has 1 aromatic heterocycles. The Labute approximate surface area is 98.4 Å². The molecule has 1 fully saturated rings. The summed E-state index contributed by atoms with van der Waals surface area (Å²) in [5.41, 5.74) is 0. The maximum atomic E-state index is 11.2. The predicted molar refractivity (Wildman–Crippen MR) is 58.2 cm³/mol. The van der Waals surface area contributed by atoms with Gasteiger partial charge in [-0.2, -0.15) is 0 Å². The predicted octanol–water partition coefficient (Wildman–Crippen LogP) is 0.00840. The number of furan rings is 1. The van der Waals surface area contributed by atoms with Gasteiger partial charge in [0, 0.05) is 26.2 Å². The van der Waals surface area contributed by atoms with E-state index in [0.29, 0.717) is 32.7 Å². The number of rotatable bonds is 2. The van der Waals surface area contributed by atoms with Crippen molar-refractivity contribution in [2.45, 2.75) is 6.54 Å². The number of carbonyl (C=O) groups excluding carboxylic acids is 1. The number of hydrogen-bond acceptors (Lipinski definition) is 4. The van der Waals surface area contributed by atoms with Gasteiger partial charge in [-0.1, -0.05) is 0 Å². The van der Waals surface area contributed by atoms with Gasteiger partial charge in [-0.15, -0.1) is 0 Å². The number of piperazine rings is 1. The molecule has 0 unspecified atom stereocenters. The van der Waals surface area contributed by atoms with Crippen molar-refractivity contribution in [1.29, 1.82) is 0 Å². The average Bonchev–Trinajstić information content (AvgIpc) is 2.82. The van der Waals surface area contributed by atoms with E-state index in [0.717, 1.165) is 5.76 Å². The van der Waals surface area contributed by atoms with E-state index in [-0.39, 0.29) is 0 Å². The molecule has 1 amide bonds.